The number of rotatable bonds is 2. The van der Waals surface area contributed by atoms with Gasteiger partial charge in [-0.3, -0.25) is 4.79 Å². The van der Waals surface area contributed by atoms with Crippen molar-refractivity contribution in [3.63, 3.8) is 0 Å². The Morgan fingerprint density at radius 3 is 2.67 bits per heavy atom. The number of benzene rings is 2. The molecule has 1 amide bonds. The van der Waals surface area contributed by atoms with Crippen molar-refractivity contribution < 1.29 is 14.3 Å². The van der Waals surface area contributed by atoms with Crippen LogP contribution in [-0.2, 0) is 12.8 Å². The molecule has 3 aliphatic heterocycles. The number of fused-ring (bicyclic) bond motifs is 2. The molecule has 1 fully saturated rings. The van der Waals surface area contributed by atoms with E-state index in [1.165, 1.54) is 16.7 Å². The molecular weight excluding hydrogens is 362 g/mol. The number of carbonyl (C=O) groups excluding carboxylic acids is 1. The standard InChI is InChI=1S/C22H22ClNO3/c23-18-4-2-1-3-16(18)22(25)24-9-5-14(6-10-24)20-17-8-12-26-19(17)13-15-7-11-27-21(15)20/h1-4,13-14H,5-12H2. The lowest BCUT2D eigenvalue weighted by Gasteiger charge is -2.33. The molecule has 0 atom stereocenters. The number of likely N-dealkylation sites (tertiary alicyclic amines) is 1. The van der Waals surface area contributed by atoms with Gasteiger partial charge >= 0.3 is 0 Å². The van der Waals surface area contributed by atoms with Crippen LogP contribution < -0.4 is 9.47 Å². The van der Waals surface area contributed by atoms with Crippen molar-refractivity contribution in [3.05, 3.63) is 57.6 Å². The maximum atomic E-state index is 12.8. The normalized spacial score (nSPS) is 18.6. The van der Waals surface area contributed by atoms with Crippen LogP contribution in [0.3, 0.4) is 0 Å². The first-order valence-electron chi connectivity index (χ1n) is 9.70. The zero-order chi connectivity index (χ0) is 18.4. The highest BCUT2D eigenvalue weighted by molar-refractivity contribution is 6.33. The summed E-state index contributed by atoms with van der Waals surface area (Å²) < 4.78 is 11.9. The minimum atomic E-state index is 0.0298. The summed E-state index contributed by atoms with van der Waals surface area (Å²) in [6.45, 7) is 3.01. The minimum Gasteiger partial charge on any atom is -0.493 e. The van der Waals surface area contributed by atoms with E-state index < -0.39 is 0 Å². The lowest BCUT2D eigenvalue weighted by Crippen LogP contribution is -2.38. The number of nitrogens with zero attached hydrogens (tertiary/aromatic N) is 1. The fourth-order valence-electron chi connectivity index (χ4n) is 4.63. The van der Waals surface area contributed by atoms with E-state index in [1.54, 1.807) is 12.1 Å². The molecule has 0 radical (unpaired) electrons. The molecule has 3 aliphatic rings. The number of carbonyl (C=O) groups is 1. The van der Waals surface area contributed by atoms with Crippen molar-refractivity contribution in [2.75, 3.05) is 26.3 Å². The highest BCUT2D eigenvalue weighted by Crippen LogP contribution is 2.46. The molecule has 0 aliphatic carbocycles. The summed E-state index contributed by atoms with van der Waals surface area (Å²) >= 11 is 6.21. The summed E-state index contributed by atoms with van der Waals surface area (Å²) in [5.41, 5.74) is 4.55. The summed E-state index contributed by atoms with van der Waals surface area (Å²) in [6, 6.07) is 9.46. The third-order valence-corrected chi connectivity index (χ3v) is 6.32. The lowest BCUT2D eigenvalue weighted by molar-refractivity contribution is 0.0712. The van der Waals surface area contributed by atoms with E-state index in [9.17, 15) is 4.79 Å². The van der Waals surface area contributed by atoms with Crippen LogP contribution in [0.4, 0.5) is 0 Å². The SMILES string of the molecule is O=C(c1ccccc1Cl)N1CCC(c2c3c(cc4c2OCC4)OCC3)CC1. The van der Waals surface area contributed by atoms with E-state index in [0.29, 0.717) is 16.5 Å². The first-order valence-corrected chi connectivity index (χ1v) is 10.1. The van der Waals surface area contributed by atoms with E-state index in [2.05, 4.69) is 6.07 Å². The van der Waals surface area contributed by atoms with Crippen molar-refractivity contribution in [2.24, 2.45) is 0 Å². The van der Waals surface area contributed by atoms with Crippen molar-refractivity contribution in [1.82, 2.24) is 4.90 Å². The average molecular weight is 384 g/mol. The number of hydrogen-bond acceptors (Lipinski definition) is 3. The van der Waals surface area contributed by atoms with Gasteiger partial charge in [0.2, 0.25) is 0 Å². The molecule has 4 nitrogen and oxygen atoms in total. The van der Waals surface area contributed by atoms with Gasteiger partial charge in [-0.15, -0.1) is 0 Å². The molecule has 0 bridgehead atoms. The van der Waals surface area contributed by atoms with Gasteiger partial charge in [0, 0.05) is 42.6 Å². The largest absolute Gasteiger partial charge is 0.493 e. The first-order chi connectivity index (χ1) is 13.2. The summed E-state index contributed by atoms with van der Waals surface area (Å²) in [5, 5.41) is 0.522. The Hall–Kier alpha value is -2.20. The maximum Gasteiger partial charge on any atom is 0.255 e. The predicted octanol–water partition coefficient (Wildman–Crippen LogP) is 4.23. The van der Waals surface area contributed by atoms with E-state index in [4.69, 9.17) is 21.1 Å². The van der Waals surface area contributed by atoms with E-state index >= 15 is 0 Å². The predicted molar refractivity (Wildman–Crippen MR) is 104 cm³/mol. The lowest BCUT2D eigenvalue weighted by atomic mass is 9.83. The van der Waals surface area contributed by atoms with Gasteiger partial charge in [-0.05, 0) is 37.0 Å². The average Bonchev–Trinajstić information content (AvgIpc) is 3.35. The molecule has 0 spiro atoms. The third-order valence-electron chi connectivity index (χ3n) is 5.99. The molecule has 0 saturated carbocycles. The quantitative estimate of drug-likeness (QED) is 0.779. The highest BCUT2D eigenvalue weighted by atomic mass is 35.5. The van der Waals surface area contributed by atoms with Crippen LogP contribution in [0.1, 0.15) is 45.8 Å². The van der Waals surface area contributed by atoms with Crippen LogP contribution in [0.5, 0.6) is 11.5 Å². The second kappa shape index (κ2) is 6.75. The minimum absolute atomic E-state index is 0.0298. The zero-order valence-corrected chi connectivity index (χ0v) is 15.9. The Morgan fingerprint density at radius 2 is 1.85 bits per heavy atom. The summed E-state index contributed by atoms with van der Waals surface area (Å²) in [7, 11) is 0. The fourth-order valence-corrected chi connectivity index (χ4v) is 4.85. The molecule has 1 saturated heterocycles. The number of amides is 1. The molecule has 5 heteroatoms. The molecule has 2 aromatic carbocycles. The van der Waals surface area contributed by atoms with Gasteiger partial charge in [0.05, 0.1) is 23.8 Å². The van der Waals surface area contributed by atoms with Crippen molar-refractivity contribution in [3.8, 4) is 11.5 Å². The first kappa shape index (κ1) is 16.9. The third kappa shape index (κ3) is 2.87. The maximum absolute atomic E-state index is 12.8. The Bertz CT molecular complexity index is 870. The summed E-state index contributed by atoms with van der Waals surface area (Å²) in [5.74, 6) is 2.59. The van der Waals surface area contributed by atoms with Gasteiger partial charge in [0.1, 0.15) is 11.5 Å². The fraction of sp³-hybridized carbons (Fsp3) is 0.409. The Morgan fingerprint density at radius 1 is 1.07 bits per heavy atom. The Labute approximate surface area is 164 Å². The second-order valence-electron chi connectivity index (χ2n) is 7.50. The van der Waals surface area contributed by atoms with Gasteiger partial charge in [-0.25, -0.2) is 0 Å². The van der Waals surface area contributed by atoms with Crippen LogP contribution in [0.15, 0.2) is 30.3 Å². The van der Waals surface area contributed by atoms with Gasteiger partial charge in [0.25, 0.3) is 5.91 Å². The van der Waals surface area contributed by atoms with E-state index in [-0.39, 0.29) is 5.91 Å². The van der Waals surface area contributed by atoms with Gasteiger partial charge < -0.3 is 14.4 Å². The zero-order valence-electron chi connectivity index (χ0n) is 15.2. The number of piperidine rings is 1. The molecule has 5 rings (SSSR count). The topological polar surface area (TPSA) is 38.8 Å². The highest BCUT2D eigenvalue weighted by Gasteiger charge is 2.33. The van der Waals surface area contributed by atoms with E-state index in [0.717, 1.165) is 63.5 Å². The van der Waals surface area contributed by atoms with Crippen LogP contribution in [0, 0.1) is 0 Å². The molecule has 27 heavy (non-hydrogen) atoms. The monoisotopic (exact) mass is 383 g/mol. The molecule has 3 heterocycles. The van der Waals surface area contributed by atoms with Crippen LogP contribution in [0.25, 0.3) is 0 Å². The molecule has 2 aromatic rings. The Kier molecular flexibility index (Phi) is 4.24. The molecule has 0 aromatic heterocycles. The van der Waals surface area contributed by atoms with Crippen molar-refractivity contribution in [1.29, 1.82) is 0 Å². The van der Waals surface area contributed by atoms with Gasteiger partial charge in [0.15, 0.2) is 0 Å². The van der Waals surface area contributed by atoms with Gasteiger partial charge in [-0.2, -0.15) is 0 Å². The van der Waals surface area contributed by atoms with Crippen LogP contribution in [0.2, 0.25) is 5.02 Å². The van der Waals surface area contributed by atoms with Crippen molar-refractivity contribution in [2.45, 2.75) is 31.6 Å². The van der Waals surface area contributed by atoms with Crippen LogP contribution in [-0.4, -0.2) is 37.1 Å². The molecule has 0 N–H and O–H groups in total. The Balaban J connectivity index is 1.38. The smallest absolute Gasteiger partial charge is 0.255 e. The summed E-state index contributed by atoms with van der Waals surface area (Å²) in [4.78, 5) is 14.8. The molecule has 0 unspecified atom stereocenters. The van der Waals surface area contributed by atoms with Crippen LogP contribution >= 0.6 is 11.6 Å². The number of ether oxygens (including phenoxy) is 2. The van der Waals surface area contributed by atoms with E-state index in [1.807, 2.05) is 17.0 Å². The number of halogens is 1. The van der Waals surface area contributed by atoms with Gasteiger partial charge in [-0.1, -0.05) is 23.7 Å². The number of hydrogen-bond donors (Lipinski definition) is 0. The summed E-state index contributed by atoms with van der Waals surface area (Å²) in [6.07, 6.45) is 3.81. The molecular formula is C22H22ClNO3. The van der Waals surface area contributed by atoms with Crippen molar-refractivity contribution >= 4 is 17.5 Å². The second-order valence-corrected chi connectivity index (χ2v) is 7.91. The molecule has 140 valence electrons.